The summed E-state index contributed by atoms with van der Waals surface area (Å²) in [5.41, 5.74) is 5.99. The highest BCUT2D eigenvalue weighted by atomic mass is 16.2. The van der Waals surface area contributed by atoms with E-state index in [0.717, 1.165) is 38.6 Å². The molecule has 0 bridgehead atoms. The Hall–Kier alpha value is -0.570. The molecule has 18 heavy (non-hydrogen) atoms. The third kappa shape index (κ3) is 4.60. The van der Waals surface area contributed by atoms with Crippen molar-refractivity contribution in [1.29, 1.82) is 0 Å². The van der Waals surface area contributed by atoms with Crippen molar-refractivity contribution in [3.63, 3.8) is 0 Å². The van der Waals surface area contributed by atoms with Crippen molar-refractivity contribution < 1.29 is 4.79 Å². The zero-order valence-electron chi connectivity index (χ0n) is 12.3. The highest BCUT2D eigenvalue weighted by Crippen LogP contribution is 2.25. The standard InChI is InChI=1S/C15H30N2O/c1-4-5-6-10-17(12(2)3)15(18)13-8-7-9-14(16)11-13/h12-14H,4-11,16H2,1-3H3. The van der Waals surface area contributed by atoms with E-state index in [0.29, 0.717) is 11.9 Å². The van der Waals surface area contributed by atoms with Crippen molar-refractivity contribution >= 4 is 5.91 Å². The van der Waals surface area contributed by atoms with Gasteiger partial charge < -0.3 is 10.6 Å². The van der Waals surface area contributed by atoms with Gasteiger partial charge in [0.1, 0.15) is 0 Å². The highest BCUT2D eigenvalue weighted by molar-refractivity contribution is 5.79. The minimum Gasteiger partial charge on any atom is -0.340 e. The summed E-state index contributed by atoms with van der Waals surface area (Å²) in [6.45, 7) is 7.34. The molecule has 0 aromatic heterocycles. The van der Waals surface area contributed by atoms with Gasteiger partial charge in [-0.1, -0.05) is 26.2 Å². The molecule has 2 atom stereocenters. The average molecular weight is 254 g/mol. The number of amides is 1. The fraction of sp³-hybridized carbons (Fsp3) is 0.933. The molecule has 106 valence electrons. The Balaban J connectivity index is 2.52. The summed E-state index contributed by atoms with van der Waals surface area (Å²) < 4.78 is 0. The first-order valence-electron chi connectivity index (χ1n) is 7.62. The van der Waals surface area contributed by atoms with Crippen LogP contribution in [0.3, 0.4) is 0 Å². The molecule has 1 fully saturated rings. The van der Waals surface area contributed by atoms with Gasteiger partial charge in [-0.25, -0.2) is 0 Å². The molecule has 1 aliphatic rings. The molecule has 1 aliphatic carbocycles. The Labute approximate surface area is 112 Å². The lowest BCUT2D eigenvalue weighted by atomic mass is 9.85. The van der Waals surface area contributed by atoms with Crippen molar-refractivity contribution in [1.82, 2.24) is 4.90 Å². The van der Waals surface area contributed by atoms with E-state index >= 15 is 0 Å². The molecule has 1 saturated carbocycles. The second-order valence-corrected chi connectivity index (χ2v) is 5.96. The second kappa shape index (κ2) is 7.78. The summed E-state index contributed by atoms with van der Waals surface area (Å²) in [6.07, 6.45) is 7.65. The van der Waals surface area contributed by atoms with Crippen LogP contribution in [0.1, 0.15) is 65.7 Å². The lowest BCUT2D eigenvalue weighted by Crippen LogP contribution is -2.44. The number of nitrogens with zero attached hydrogens (tertiary/aromatic N) is 1. The van der Waals surface area contributed by atoms with E-state index in [1.807, 2.05) is 0 Å². The van der Waals surface area contributed by atoms with E-state index in [1.165, 1.54) is 12.8 Å². The Morgan fingerprint density at radius 2 is 2.06 bits per heavy atom. The molecule has 0 aromatic carbocycles. The molecular formula is C15H30N2O. The van der Waals surface area contributed by atoms with E-state index < -0.39 is 0 Å². The first kappa shape index (κ1) is 15.5. The van der Waals surface area contributed by atoms with Crippen LogP contribution in [0, 0.1) is 5.92 Å². The number of rotatable bonds is 6. The molecule has 0 saturated heterocycles. The van der Waals surface area contributed by atoms with Crippen molar-refractivity contribution in [2.75, 3.05) is 6.54 Å². The smallest absolute Gasteiger partial charge is 0.225 e. The molecular weight excluding hydrogens is 224 g/mol. The summed E-state index contributed by atoms with van der Waals surface area (Å²) in [5.74, 6) is 0.522. The maximum absolute atomic E-state index is 12.5. The van der Waals surface area contributed by atoms with Crippen LogP contribution in [-0.4, -0.2) is 29.4 Å². The van der Waals surface area contributed by atoms with Crippen LogP contribution >= 0.6 is 0 Å². The van der Waals surface area contributed by atoms with Gasteiger partial charge in [0.05, 0.1) is 0 Å². The monoisotopic (exact) mass is 254 g/mol. The normalized spacial score (nSPS) is 24.3. The topological polar surface area (TPSA) is 46.3 Å². The van der Waals surface area contributed by atoms with Crippen molar-refractivity contribution in [2.24, 2.45) is 11.7 Å². The molecule has 0 heterocycles. The van der Waals surface area contributed by atoms with Crippen LogP contribution in [0.25, 0.3) is 0 Å². The minimum absolute atomic E-state index is 0.178. The lowest BCUT2D eigenvalue weighted by Gasteiger charge is -2.34. The van der Waals surface area contributed by atoms with Gasteiger partial charge in [0.2, 0.25) is 5.91 Å². The fourth-order valence-corrected chi connectivity index (χ4v) is 2.84. The number of unbranched alkanes of at least 4 members (excludes halogenated alkanes) is 2. The van der Waals surface area contributed by atoms with Crippen molar-refractivity contribution in [3.8, 4) is 0 Å². The van der Waals surface area contributed by atoms with Gasteiger partial charge in [-0.05, 0) is 39.5 Å². The summed E-state index contributed by atoms with van der Waals surface area (Å²) in [5, 5.41) is 0. The van der Waals surface area contributed by atoms with Crippen LogP contribution in [0.4, 0.5) is 0 Å². The molecule has 0 aromatic rings. The number of carbonyl (C=O) groups excluding carboxylic acids is 1. The van der Waals surface area contributed by atoms with Crippen LogP contribution in [0.2, 0.25) is 0 Å². The summed E-state index contributed by atoms with van der Waals surface area (Å²) in [7, 11) is 0. The van der Waals surface area contributed by atoms with Gasteiger partial charge in [-0.3, -0.25) is 4.79 Å². The van der Waals surface area contributed by atoms with Crippen LogP contribution in [0.5, 0.6) is 0 Å². The first-order chi connectivity index (χ1) is 8.56. The van der Waals surface area contributed by atoms with E-state index in [2.05, 4.69) is 25.7 Å². The SMILES string of the molecule is CCCCCN(C(=O)C1CCCC(N)C1)C(C)C. The second-order valence-electron chi connectivity index (χ2n) is 5.96. The van der Waals surface area contributed by atoms with Gasteiger partial charge in [-0.15, -0.1) is 0 Å². The predicted molar refractivity (Wildman–Crippen MR) is 76.3 cm³/mol. The van der Waals surface area contributed by atoms with E-state index in [1.54, 1.807) is 0 Å². The maximum atomic E-state index is 12.5. The minimum atomic E-state index is 0.178. The van der Waals surface area contributed by atoms with Crippen LogP contribution in [-0.2, 0) is 4.79 Å². The Kier molecular flexibility index (Phi) is 6.69. The van der Waals surface area contributed by atoms with E-state index in [9.17, 15) is 4.79 Å². The molecule has 1 rings (SSSR count). The van der Waals surface area contributed by atoms with Gasteiger partial charge in [-0.2, -0.15) is 0 Å². The third-order valence-electron chi connectivity index (χ3n) is 3.97. The van der Waals surface area contributed by atoms with Gasteiger partial charge >= 0.3 is 0 Å². The van der Waals surface area contributed by atoms with Crippen molar-refractivity contribution in [2.45, 2.75) is 77.8 Å². The zero-order valence-corrected chi connectivity index (χ0v) is 12.3. The summed E-state index contributed by atoms with van der Waals surface area (Å²) >= 11 is 0. The number of nitrogens with two attached hydrogens (primary N) is 1. The van der Waals surface area contributed by atoms with Crippen molar-refractivity contribution in [3.05, 3.63) is 0 Å². The largest absolute Gasteiger partial charge is 0.340 e. The molecule has 2 N–H and O–H groups in total. The molecule has 0 aliphatic heterocycles. The maximum Gasteiger partial charge on any atom is 0.225 e. The quantitative estimate of drug-likeness (QED) is 0.741. The predicted octanol–water partition coefficient (Wildman–Crippen LogP) is 2.93. The number of hydrogen-bond donors (Lipinski definition) is 1. The van der Waals surface area contributed by atoms with E-state index in [4.69, 9.17) is 5.73 Å². The Morgan fingerprint density at radius 3 is 2.61 bits per heavy atom. The van der Waals surface area contributed by atoms with Gasteiger partial charge in [0, 0.05) is 24.5 Å². The number of carbonyl (C=O) groups is 1. The Morgan fingerprint density at radius 1 is 1.33 bits per heavy atom. The molecule has 3 heteroatoms. The molecule has 2 unspecified atom stereocenters. The molecule has 1 amide bonds. The average Bonchev–Trinajstić information content (AvgIpc) is 2.33. The number of hydrogen-bond acceptors (Lipinski definition) is 2. The lowest BCUT2D eigenvalue weighted by molar-refractivity contribution is -0.138. The zero-order chi connectivity index (χ0) is 13.5. The molecule has 0 radical (unpaired) electrons. The summed E-state index contributed by atoms with van der Waals surface area (Å²) in [6, 6.07) is 0.546. The van der Waals surface area contributed by atoms with Gasteiger partial charge in [0.25, 0.3) is 0 Å². The fourth-order valence-electron chi connectivity index (χ4n) is 2.84. The van der Waals surface area contributed by atoms with E-state index in [-0.39, 0.29) is 12.0 Å². The Bertz CT molecular complexity index is 253. The summed E-state index contributed by atoms with van der Waals surface area (Å²) in [4.78, 5) is 14.6. The van der Waals surface area contributed by atoms with Crippen LogP contribution < -0.4 is 5.73 Å². The molecule has 0 spiro atoms. The first-order valence-corrected chi connectivity index (χ1v) is 7.62. The molecule has 3 nitrogen and oxygen atoms in total. The van der Waals surface area contributed by atoms with Crippen LogP contribution in [0.15, 0.2) is 0 Å². The third-order valence-corrected chi connectivity index (χ3v) is 3.97. The highest BCUT2D eigenvalue weighted by Gasteiger charge is 2.29. The van der Waals surface area contributed by atoms with Gasteiger partial charge in [0.15, 0.2) is 0 Å².